The van der Waals surface area contributed by atoms with Crippen molar-refractivity contribution in [3.05, 3.63) is 58.2 Å². The monoisotopic (exact) mass is 922 g/mol. The summed E-state index contributed by atoms with van der Waals surface area (Å²) in [5, 5.41) is 11.3. The Kier molecular flexibility index (Phi) is 13.6. The molecule has 66 heavy (non-hydrogen) atoms. The lowest BCUT2D eigenvalue weighted by Gasteiger charge is -2.37. The second kappa shape index (κ2) is 19.1. The molecular formula is C49H66N10O6S. The van der Waals surface area contributed by atoms with Gasteiger partial charge in [0.1, 0.15) is 18.1 Å². The first-order valence-corrected chi connectivity index (χ1v) is 24.5. The third kappa shape index (κ3) is 9.56. The molecule has 3 aromatic heterocycles. The van der Waals surface area contributed by atoms with Crippen LogP contribution in [-0.2, 0) is 43.3 Å². The van der Waals surface area contributed by atoms with Crippen molar-refractivity contribution in [1.82, 2.24) is 50.3 Å². The molecule has 7 heterocycles. The lowest BCUT2D eigenvalue weighted by Crippen LogP contribution is -2.62. The maximum atomic E-state index is 14.7. The van der Waals surface area contributed by atoms with Gasteiger partial charge in [-0.2, -0.15) is 0 Å². The number of hydrogen-bond acceptors (Lipinski definition) is 11. The van der Waals surface area contributed by atoms with Crippen LogP contribution >= 0.6 is 11.3 Å². The Balaban J connectivity index is 1.12. The molecule has 16 nitrogen and oxygen atoms in total. The number of thiazole rings is 1. The molecule has 3 N–H and O–H groups in total. The molecule has 0 saturated carbocycles. The van der Waals surface area contributed by atoms with Gasteiger partial charge in [-0.25, -0.2) is 15.2 Å². The molecule has 8 rings (SSSR count). The molecule has 3 fully saturated rings. The predicted octanol–water partition coefficient (Wildman–Crippen LogP) is 5.20. The second-order valence-corrected chi connectivity index (χ2v) is 20.9. The van der Waals surface area contributed by atoms with Crippen molar-refractivity contribution in [2.45, 2.75) is 123 Å². The summed E-state index contributed by atoms with van der Waals surface area (Å²) < 4.78 is 8.48. The maximum Gasteiger partial charge on any atom is 0.324 e. The van der Waals surface area contributed by atoms with Crippen LogP contribution in [0.3, 0.4) is 0 Å². The molecule has 5 atom stereocenters. The van der Waals surface area contributed by atoms with E-state index < -0.39 is 41.3 Å². The fourth-order valence-electron chi connectivity index (χ4n) is 10.0. The van der Waals surface area contributed by atoms with E-state index in [9.17, 15) is 24.0 Å². The van der Waals surface area contributed by atoms with Crippen LogP contribution in [-0.4, -0.2) is 141 Å². The number of amides is 5. The Morgan fingerprint density at radius 3 is 2.56 bits per heavy atom. The minimum atomic E-state index is -1.07. The van der Waals surface area contributed by atoms with Gasteiger partial charge in [0.05, 0.1) is 40.8 Å². The van der Waals surface area contributed by atoms with E-state index >= 15 is 0 Å². The van der Waals surface area contributed by atoms with E-state index in [-0.39, 0.29) is 48.9 Å². The zero-order chi connectivity index (χ0) is 47.2. The van der Waals surface area contributed by atoms with Gasteiger partial charge in [-0.1, -0.05) is 47.6 Å². The van der Waals surface area contributed by atoms with Crippen LogP contribution in [0.2, 0.25) is 0 Å². The number of likely N-dealkylation sites (N-methyl/N-ethyl adjacent to an activating group) is 2. The van der Waals surface area contributed by atoms with E-state index in [2.05, 4.69) is 79.5 Å². The Bertz CT molecular complexity index is 2490. The van der Waals surface area contributed by atoms with Crippen LogP contribution in [0.25, 0.3) is 33.4 Å². The summed E-state index contributed by atoms with van der Waals surface area (Å²) in [6.45, 7) is 17.2. The van der Waals surface area contributed by atoms with Crippen molar-refractivity contribution in [3.63, 3.8) is 0 Å². The van der Waals surface area contributed by atoms with Crippen molar-refractivity contribution < 1.29 is 28.7 Å². The first-order valence-electron chi connectivity index (χ1n) is 23.6. The smallest absolute Gasteiger partial charge is 0.324 e. The Morgan fingerprint density at radius 1 is 1.08 bits per heavy atom. The first-order chi connectivity index (χ1) is 31.5. The van der Waals surface area contributed by atoms with Gasteiger partial charge in [0.2, 0.25) is 11.8 Å². The van der Waals surface area contributed by atoms with Crippen molar-refractivity contribution in [3.8, 4) is 22.5 Å². The third-order valence-corrected chi connectivity index (χ3v) is 14.5. The average Bonchev–Trinajstić information content (AvgIpc) is 3.70. The highest BCUT2D eigenvalue weighted by molar-refractivity contribution is 7.10. The Hall–Kier alpha value is -5.39. The number of hydrazine groups is 1. The molecule has 5 amide bonds. The van der Waals surface area contributed by atoms with Gasteiger partial charge in [-0.3, -0.25) is 29.2 Å². The highest BCUT2D eigenvalue weighted by atomic mass is 32.1. The van der Waals surface area contributed by atoms with Crippen LogP contribution in [0.15, 0.2) is 41.9 Å². The number of fused-ring (bicyclic) bond motifs is 6. The molecule has 4 aliphatic heterocycles. The quantitative estimate of drug-likeness (QED) is 0.149. The standard InChI is InChI=1S/C49H66N10O6S/c1-10-58-39-16-15-30-21-33(39)34(43(58)32-13-11-18-50-41(32)28(2)3)23-49(6,7)27-65-47(63)35-14-12-19-59(54-35)46(62)36(22-40-52-38(30)26-66-40)53-44(60)42(29(4)5)56(9)48(64)57-20-17-31(25-57)55(8)45(61)37-24-51-37/h11,13,15-16,18,21,26,28-29,31,35-37,42,51,54H,10,12,14,17,19-20,22-25,27H2,1-9H3,(H,53,60)/t31-,35+,36+,37-,42+/m1/s1. The minimum Gasteiger partial charge on any atom is -0.464 e. The van der Waals surface area contributed by atoms with Gasteiger partial charge in [-0.05, 0) is 74.3 Å². The largest absolute Gasteiger partial charge is 0.464 e. The van der Waals surface area contributed by atoms with E-state index in [0.29, 0.717) is 56.9 Å². The summed E-state index contributed by atoms with van der Waals surface area (Å²) in [4.78, 5) is 84.7. The number of esters is 1. The van der Waals surface area contributed by atoms with Crippen molar-refractivity contribution in [2.75, 3.05) is 46.9 Å². The molecule has 0 spiro atoms. The minimum absolute atomic E-state index is 0.0205. The number of rotatable bonds is 9. The number of carbonyl (C=O) groups excluding carboxylic acids is 5. The summed E-state index contributed by atoms with van der Waals surface area (Å²) in [6, 6.07) is 7.23. The summed E-state index contributed by atoms with van der Waals surface area (Å²) in [5.41, 5.74) is 9.81. The first kappa shape index (κ1) is 47.1. The number of cyclic esters (lactones) is 1. The summed E-state index contributed by atoms with van der Waals surface area (Å²) in [5.74, 6) is -1.42. The summed E-state index contributed by atoms with van der Waals surface area (Å²) in [6.07, 6.45) is 4.23. The molecule has 3 saturated heterocycles. The Labute approximate surface area is 391 Å². The maximum absolute atomic E-state index is 14.7. The number of urea groups is 1. The van der Waals surface area contributed by atoms with Gasteiger partial charge >= 0.3 is 12.0 Å². The highest BCUT2D eigenvalue weighted by Gasteiger charge is 2.42. The molecule has 4 aromatic rings. The predicted molar refractivity (Wildman–Crippen MR) is 254 cm³/mol. The van der Waals surface area contributed by atoms with Crippen molar-refractivity contribution in [1.29, 1.82) is 0 Å². The normalized spacial score (nSPS) is 22.6. The van der Waals surface area contributed by atoms with Crippen molar-refractivity contribution >= 4 is 52.0 Å². The van der Waals surface area contributed by atoms with Gasteiger partial charge in [0, 0.05) is 92.3 Å². The van der Waals surface area contributed by atoms with Gasteiger partial charge in [-0.15, -0.1) is 11.3 Å². The SMILES string of the molecule is CCn1c(-c2cccnc2C(C)C)c2c3cc(ccc31)-c1csc(n1)C[C@H](NC(=O)[C@H](C(C)C)N(C)C(=O)N1CC[C@@H](N(C)C(=O)[C@H]3CN3)C1)C(=O)N1CCC[C@H](N1)C(=O)OCC(C)(C)C2. The van der Waals surface area contributed by atoms with Crippen LogP contribution in [0.1, 0.15) is 89.9 Å². The van der Waals surface area contributed by atoms with Crippen LogP contribution < -0.4 is 16.1 Å². The van der Waals surface area contributed by atoms with Crippen molar-refractivity contribution in [2.24, 2.45) is 11.3 Å². The Morgan fingerprint density at radius 2 is 1.85 bits per heavy atom. The van der Waals surface area contributed by atoms with E-state index in [4.69, 9.17) is 14.7 Å². The molecule has 4 aliphatic rings. The molecule has 0 unspecified atom stereocenters. The van der Waals surface area contributed by atoms with E-state index in [1.54, 1.807) is 23.9 Å². The van der Waals surface area contributed by atoms with Gasteiger partial charge in [0.25, 0.3) is 5.91 Å². The molecule has 17 heteroatoms. The zero-order valence-electron chi connectivity index (χ0n) is 39.8. The molecule has 6 bridgehead atoms. The number of benzene rings is 1. The van der Waals surface area contributed by atoms with Crippen LogP contribution in [0, 0.1) is 11.3 Å². The highest BCUT2D eigenvalue weighted by Crippen LogP contribution is 2.42. The number of hydrogen-bond donors (Lipinski definition) is 3. The molecule has 0 aliphatic carbocycles. The van der Waals surface area contributed by atoms with Crippen LogP contribution in [0.4, 0.5) is 4.79 Å². The number of aryl methyl sites for hydroxylation is 1. The van der Waals surface area contributed by atoms with Gasteiger partial charge in [0.15, 0.2) is 0 Å². The second-order valence-electron chi connectivity index (χ2n) is 19.9. The van der Waals surface area contributed by atoms with Gasteiger partial charge < -0.3 is 34.6 Å². The number of carbonyl (C=O) groups is 5. The molecule has 1 aromatic carbocycles. The zero-order valence-corrected chi connectivity index (χ0v) is 40.7. The van der Waals surface area contributed by atoms with Crippen LogP contribution in [0.5, 0.6) is 0 Å². The average molecular weight is 923 g/mol. The fourth-order valence-corrected chi connectivity index (χ4v) is 10.9. The summed E-state index contributed by atoms with van der Waals surface area (Å²) >= 11 is 1.42. The fraction of sp³-hybridized carbons (Fsp3) is 0.571. The lowest BCUT2D eigenvalue weighted by atomic mass is 9.84. The number of pyridine rings is 1. The van der Waals surface area contributed by atoms with E-state index in [1.165, 1.54) is 21.2 Å². The number of nitrogens with zero attached hydrogens (tertiary/aromatic N) is 7. The number of aromatic nitrogens is 3. The molecule has 354 valence electrons. The number of ether oxygens (including phenoxy) is 1. The van der Waals surface area contributed by atoms with E-state index in [1.807, 2.05) is 31.5 Å². The molecule has 0 radical (unpaired) electrons. The third-order valence-electron chi connectivity index (χ3n) is 13.6. The topological polar surface area (TPSA) is 184 Å². The number of likely N-dealkylation sites (tertiary alicyclic amines) is 1. The number of nitrogens with one attached hydrogen (secondary N) is 3. The lowest BCUT2D eigenvalue weighted by molar-refractivity contribution is -0.155. The summed E-state index contributed by atoms with van der Waals surface area (Å²) in [7, 11) is 3.39. The van der Waals surface area contributed by atoms with E-state index in [0.717, 1.165) is 51.2 Å². The molecular weight excluding hydrogens is 857 g/mol.